The molecule has 212 valence electrons. The predicted molar refractivity (Wildman–Crippen MR) is 130 cm³/mol. The maximum Gasteiger partial charge on any atom is 0.422 e. The Balaban J connectivity index is 1.43. The highest BCUT2D eigenvalue weighted by atomic mass is 19.4. The molecule has 2 aromatic rings. The third kappa shape index (κ3) is 5.89. The number of ether oxygens (including phenoxy) is 2. The molecule has 0 aliphatic carbocycles. The molecule has 2 fully saturated rings. The summed E-state index contributed by atoms with van der Waals surface area (Å²) in [6.45, 7) is -0.599. The van der Waals surface area contributed by atoms with E-state index in [9.17, 15) is 31.1 Å². The van der Waals surface area contributed by atoms with Gasteiger partial charge >= 0.3 is 12.4 Å². The molecule has 4 atom stereocenters. The van der Waals surface area contributed by atoms with Crippen LogP contribution >= 0.6 is 0 Å². The van der Waals surface area contributed by atoms with E-state index in [1.165, 1.54) is 11.0 Å². The number of carbonyl (C=O) groups excluding carboxylic acids is 1. The van der Waals surface area contributed by atoms with Gasteiger partial charge in [-0.2, -0.15) is 26.3 Å². The van der Waals surface area contributed by atoms with Crippen LogP contribution in [0.4, 0.5) is 26.3 Å². The number of piperidine rings is 1. The first-order valence-electron chi connectivity index (χ1n) is 13.0. The number of nitrogens with zero attached hydrogens (tertiary/aromatic N) is 1. The van der Waals surface area contributed by atoms with Crippen molar-refractivity contribution >= 4 is 5.91 Å². The van der Waals surface area contributed by atoms with Gasteiger partial charge in [0.2, 0.25) is 5.91 Å². The van der Waals surface area contributed by atoms with E-state index in [0.717, 1.165) is 5.56 Å². The summed E-state index contributed by atoms with van der Waals surface area (Å²) in [6, 6.07) is 13.1. The number of alkyl halides is 6. The molecular formula is C28H30F6N2O3. The lowest BCUT2D eigenvalue weighted by molar-refractivity contribution is -0.161. The lowest BCUT2D eigenvalue weighted by Gasteiger charge is -2.45. The molecule has 0 radical (unpaired) electrons. The molecular weight excluding hydrogens is 526 g/mol. The van der Waals surface area contributed by atoms with Gasteiger partial charge in [-0.1, -0.05) is 42.5 Å². The van der Waals surface area contributed by atoms with Gasteiger partial charge in [-0.3, -0.25) is 4.79 Å². The van der Waals surface area contributed by atoms with E-state index in [-0.39, 0.29) is 50.3 Å². The molecule has 1 spiro atoms. The number of fused-ring (bicyclic) bond motifs is 2. The van der Waals surface area contributed by atoms with Crippen molar-refractivity contribution in [2.24, 2.45) is 5.92 Å². The fourth-order valence-corrected chi connectivity index (χ4v) is 6.44. The Hall–Kier alpha value is -2.79. The summed E-state index contributed by atoms with van der Waals surface area (Å²) in [5.74, 6) is -1.19. The van der Waals surface area contributed by atoms with Crippen molar-refractivity contribution in [1.82, 2.24) is 10.2 Å². The van der Waals surface area contributed by atoms with E-state index in [0.29, 0.717) is 24.1 Å². The summed E-state index contributed by atoms with van der Waals surface area (Å²) in [4.78, 5) is 15.4. The third-order valence-electron chi connectivity index (χ3n) is 8.16. The Bertz CT molecular complexity index is 1170. The van der Waals surface area contributed by atoms with Crippen LogP contribution in [0.5, 0.6) is 5.75 Å². The number of carbonyl (C=O) groups is 1. The summed E-state index contributed by atoms with van der Waals surface area (Å²) >= 11 is 0. The highest BCUT2D eigenvalue weighted by Gasteiger charge is 2.54. The molecule has 3 aliphatic heterocycles. The molecule has 3 heterocycles. The minimum Gasteiger partial charge on any atom is -0.484 e. The molecule has 0 bridgehead atoms. The van der Waals surface area contributed by atoms with Crippen molar-refractivity contribution in [3.63, 3.8) is 0 Å². The molecule has 3 aliphatic rings. The number of rotatable bonds is 5. The maximum absolute atomic E-state index is 14.0. The number of hydrogen-bond donors (Lipinski definition) is 1. The van der Waals surface area contributed by atoms with Gasteiger partial charge < -0.3 is 19.7 Å². The van der Waals surface area contributed by atoms with E-state index in [1.54, 1.807) is 12.1 Å². The number of halogens is 6. The van der Waals surface area contributed by atoms with E-state index >= 15 is 0 Å². The third-order valence-corrected chi connectivity index (χ3v) is 8.16. The molecule has 39 heavy (non-hydrogen) atoms. The zero-order valence-corrected chi connectivity index (χ0v) is 21.2. The second kappa shape index (κ2) is 10.6. The maximum atomic E-state index is 14.0. The van der Waals surface area contributed by atoms with Crippen LogP contribution in [0.2, 0.25) is 0 Å². The summed E-state index contributed by atoms with van der Waals surface area (Å²) < 4.78 is 90.4. The van der Waals surface area contributed by atoms with Crippen molar-refractivity contribution < 1.29 is 40.6 Å². The fraction of sp³-hybridized carbons (Fsp3) is 0.536. The average molecular weight is 557 g/mol. The van der Waals surface area contributed by atoms with Gasteiger partial charge in [-0.05, 0) is 36.0 Å². The average Bonchev–Trinajstić information content (AvgIpc) is 3.30. The minimum atomic E-state index is -4.53. The zero-order chi connectivity index (χ0) is 27.8. The monoisotopic (exact) mass is 556 g/mol. The van der Waals surface area contributed by atoms with Crippen LogP contribution in [0.15, 0.2) is 48.5 Å². The SMILES string of the molecule is O=C(C1CNCC12COCc1c(OCC(F)(F)F)cccc12)N1CCC(c2ccccc2)CC1CC(F)(F)F. The minimum absolute atomic E-state index is 0.0190. The Kier molecular flexibility index (Phi) is 7.58. The highest BCUT2D eigenvalue weighted by molar-refractivity contribution is 5.82. The van der Waals surface area contributed by atoms with Crippen LogP contribution in [-0.2, 0) is 21.6 Å². The number of nitrogens with one attached hydrogen (secondary N) is 1. The molecule has 1 N–H and O–H groups in total. The van der Waals surface area contributed by atoms with Gasteiger partial charge in [-0.15, -0.1) is 0 Å². The molecule has 0 saturated carbocycles. The van der Waals surface area contributed by atoms with Crippen LogP contribution in [-0.4, -0.2) is 62.0 Å². The second-order valence-electron chi connectivity index (χ2n) is 10.7. The fourth-order valence-electron chi connectivity index (χ4n) is 6.44. The topological polar surface area (TPSA) is 50.8 Å². The van der Waals surface area contributed by atoms with Gasteiger partial charge in [0.05, 0.1) is 25.6 Å². The Labute approximate surface area is 222 Å². The van der Waals surface area contributed by atoms with Crippen LogP contribution < -0.4 is 10.1 Å². The normalized spacial score (nSPS) is 27.4. The van der Waals surface area contributed by atoms with Crippen molar-refractivity contribution in [1.29, 1.82) is 0 Å². The summed E-state index contributed by atoms with van der Waals surface area (Å²) in [7, 11) is 0. The molecule has 0 aromatic heterocycles. The van der Waals surface area contributed by atoms with Gasteiger partial charge in [0, 0.05) is 36.7 Å². The number of amides is 1. The van der Waals surface area contributed by atoms with Crippen molar-refractivity contribution in [3.8, 4) is 5.75 Å². The summed E-state index contributed by atoms with van der Waals surface area (Å²) in [5, 5.41) is 3.20. The Morgan fingerprint density at radius 2 is 1.82 bits per heavy atom. The first kappa shape index (κ1) is 27.8. The smallest absolute Gasteiger partial charge is 0.422 e. The predicted octanol–water partition coefficient (Wildman–Crippen LogP) is 5.34. The zero-order valence-electron chi connectivity index (χ0n) is 21.2. The van der Waals surface area contributed by atoms with Gasteiger partial charge in [0.25, 0.3) is 0 Å². The van der Waals surface area contributed by atoms with E-state index in [4.69, 9.17) is 9.47 Å². The quantitative estimate of drug-likeness (QED) is 0.506. The Morgan fingerprint density at radius 3 is 2.54 bits per heavy atom. The van der Waals surface area contributed by atoms with Crippen molar-refractivity contribution in [3.05, 3.63) is 65.2 Å². The lowest BCUT2D eigenvalue weighted by atomic mass is 9.69. The molecule has 2 aromatic carbocycles. The Morgan fingerprint density at radius 1 is 1.05 bits per heavy atom. The molecule has 5 nitrogen and oxygen atoms in total. The van der Waals surface area contributed by atoms with Crippen molar-refractivity contribution in [2.45, 2.75) is 55.6 Å². The number of likely N-dealkylation sites (tertiary alicyclic amines) is 1. The van der Waals surface area contributed by atoms with Crippen LogP contribution in [0.3, 0.4) is 0 Å². The van der Waals surface area contributed by atoms with Gasteiger partial charge in [0.15, 0.2) is 6.61 Å². The first-order valence-corrected chi connectivity index (χ1v) is 13.0. The summed E-state index contributed by atoms with van der Waals surface area (Å²) in [6.07, 6.45) is -9.33. The molecule has 1 amide bonds. The van der Waals surface area contributed by atoms with Crippen LogP contribution in [0.25, 0.3) is 0 Å². The largest absolute Gasteiger partial charge is 0.484 e. The number of benzene rings is 2. The van der Waals surface area contributed by atoms with E-state index in [1.807, 2.05) is 30.3 Å². The van der Waals surface area contributed by atoms with Gasteiger partial charge in [-0.25, -0.2) is 0 Å². The lowest BCUT2D eigenvalue weighted by Crippen LogP contribution is -2.55. The number of hydrogen-bond acceptors (Lipinski definition) is 4. The molecule has 4 unspecified atom stereocenters. The van der Waals surface area contributed by atoms with E-state index < -0.39 is 42.8 Å². The molecule has 5 rings (SSSR count). The second-order valence-corrected chi connectivity index (χ2v) is 10.7. The first-order chi connectivity index (χ1) is 18.5. The summed E-state index contributed by atoms with van der Waals surface area (Å²) in [5.41, 5.74) is 1.10. The van der Waals surface area contributed by atoms with Crippen LogP contribution in [0.1, 0.15) is 41.9 Å². The standard InChI is InChI=1S/C28H30F6N2O3/c29-27(30,31)12-20-11-19(18-5-2-1-3-6-18)9-10-36(20)25(37)23-13-35-15-26(23)16-38-14-21-22(26)7-4-8-24(21)39-17-28(32,33)34/h1-8,19-20,23,35H,9-17H2. The van der Waals surface area contributed by atoms with Gasteiger partial charge in [0.1, 0.15) is 5.75 Å². The van der Waals surface area contributed by atoms with E-state index in [2.05, 4.69) is 5.32 Å². The molecule has 2 saturated heterocycles. The van der Waals surface area contributed by atoms with Crippen molar-refractivity contribution in [2.75, 3.05) is 32.8 Å². The molecule has 11 heteroatoms. The highest BCUT2D eigenvalue weighted by Crippen LogP contribution is 2.46. The van der Waals surface area contributed by atoms with Crippen LogP contribution in [0, 0.1) is 5.92 Å².